The van der Waals surface area contributed by atoms with Gasteiger partial charge in [-0.15, -0.1) is 21.5 Å². The Balaban J connectivity index is 1.39. The maximum Gasteiger partial charge on any atom is 0.325 e. The van der Waals surface area contributed by atoms with E-state index in [0.717, 1.165) is 13.6 Å². The number of urea groups is 1. The summed E-state index contributed by atoms with van der Waals surface area (Å²) < 4.78 is 17.2. The van der Waals surface area contributed by atoms with E-state index in [4.69, 9.17) is 13.9 Å². The van der Waals surface area contributed by atoms with E-state index in [1.165, 1.54) is 11.3 Å². The lowest BCUT2D eigenvalue weighted by Crippen LogP contribution is -2.40. The molecule has 11 heteroatoms. The van der Waals surface area contributed by atoms with Gasteiger partial charge in [-0.05, 0) is 52.7 Å². The third-order valence-electron chi connectivity index (χ3n) is 4.77. The number of fused-ring (bicyclic) bond motifs is 1. The quantitative estimate of drug-likeness (QED) is 0.575. The first-order chi connectivity index (χ1) is 13.9. The third kappa shape index (κ3) is 2.97. The van der Waals surface area contributed by atoms with Gasteiger partial charge in [-0.1, -0.05) is 6.07 Å². The molecule has 0 bridgehead atoms. The minimum atomic E-state index is -1.24. The smallest absolute Gasteiger partial charge is 0.325 e. The molecule has 1 unspecified atom stereocenters. The molecule has 1 fully saturated rings. The van der Waals surface area contributed by atoms with Crippen LogP contribution in [0.4, 0.5) is 4.79 Å². The van der Waals surface area contributed by atoms with Crippen molar-refractivity contribution in [1.29, 1.82) is 0 Å². The van der Waals surface area contributed by atoms with E-state index in [9.17, 15) is 9.59 Å². The Morgan fingerprint density at radius 3 is 2.83 bits per heavy atom. The van der Waals surface area contributed by atoms with E-state index in [0.29, 0.717) is 23.0 Å². The molecule has 0 spiro atoms. The molecule has 0 radical (unpaired) electrons. The first-order valence-corrected chi connectivity index (χ1v) is 10.2. The number of carbonyl (C=O) groups excluding carboxylic acids is 2. The van der Waals surface area contributed by atoms with Gasteiger partial charge < -0.3 is 19.2 Å². The molecule has 0 aliphatic carbocycles. The summed E-state index contributed by atoms with van der Waals surface area (Å²) in [6.07, 6.45) is 0. The van der Waals surface area contributed by atoms with Crippen molar-refractivity contribution < 1.29 is 23.5 Å². The molecular weight excluding hydrogens is 464 g/mol. The van der Waals surface area contributed by atoms with E-state index in [2.05, 4.69) is 31.4 Å². The Bertz CT molecular complexity index is 1140. The molecule has 29 heavy (non-hydrogen) atoms. The lowest BCUT2D eigenvalue weighted by atomic mass is 9.91. The lowest BCUT2D eigenvalue weighted by molar-refractivity contribution is -0.131. The number of thiophene rings is 1. The zero-order chi connectivity index (χ0) is 20.2. The number of hydrogen-bond donors (Lipinski definition) is 1. The second-order valence-corrected chi connectivity index (χ2v) is 9.08. The number of aromatic nitrogens is 2. The molecule has 3 amide bonds. The molecule has 0 saturated carbocycles. The number of nitrogens with one attached hydrogen (secondary N) is 1. The molecule has 1 atom stereocenters. The second kappa shape index (κ2) is 6.56. The van der Waals surface area contributed by atoms with Crippen LogP contribution in [0.3, 0.4) is 0 Å². The molecule has 1 N–H and O–H groups in total. The van der Waals surface area contributed by atoms with Crippen molar-refractivity contribution in [3.05, 3.63) is 45.6 Å². The van der Waals surface area contributed by atoms with Crippen molar-refractivity contribution in [3.8, 4) is 22.3 Å². The van der Waals surface area contributed by atoms with Crippen molar-refractivity contribution in [2.45, 2.75) is 19.0 Å². The summed E-state index contributed by atoms with van der Waals surface area (Å²) in [5.74, 6) is 1.22. The highest BCUT2D eigenvalue weighted by Crippen LogP contribution is 2.38. The van der Waals surface area contributed by atoms with Crippen LogP contribution in [0.2, 0.25) is 0 Å². The first-order valence-electron chi connectivity index (χ1n) is 8.56. The van der Waals surface area contributed by atoms with Crippen LogP contribution in [-0.4, -0.2) is 33.8 Å². The number of rotatable bonds is 4. The molecule has 5 rings (SSSR count). The van der Waals surface area contributed by atoms with E-state index >= 15 is 0 Å². The molecular formula is C18H13BrN4O5S. The van der Waals surface area contributed by atoms with Crippen LogP contribution >= 0.6 is 27.3 Å². The number of hydrogen-bond acceptors (Lipinski definition) is 8. The minimum Gasteiger partial charge on any atom is -0.454 e. The summed E-state index contributed by atoms with van der Waals surface area (Å²) in [5.41, 5.74) is -0.642. The zero-order valence-electron chi connectivity index (χ0n) is 15.0. The number of amides is 3. The van der Waals surface area contributed by atoms with Gasteiger partial charge in [0.1, 0.15) is 12.1 Å². The second-order valence-electron chi connectivity index (χ2n) is 6.62. The standard InChI is InChI=1S/C18H13BrN4O5S/c1-18(9-2-3-10-11(6-9)27-8-26-10)16(24)23(17(25)20-18)7-14-21-22-15(28-14)12-4-5-13(19)29-12/h2-6H,7-8H2,1H3,(H,20,25). The largest absolute Gasteiger partial charge is 0.454 e. The van der Waals surface area contributed by atoms with Crippen LogP contribution in [0, 0.1) is 0 Å². The zero-order valence-corrected chi connectivity index (χ0v) is 17.4. The van der Waals surface area contributed by atoms with Gasteiger partial charge in [0.25, 0.3) is 11.8 Å². The summed E-state index contributed by atoms with van der Waals surface area (Å²) in [7, 11) is 0. The maximum atomic E-state index is 13.1. The van der Waals surface area contributed by atoms with Crippen LogP contribution in [0.25, 0.3) is 10.8 Å². The highest BCUT2D eigenvalue weighted by molar-refractivity contribution is 9.11. The Kier molecular flexibility index (Phi) is 4.10. The van der Waals surface area contributed by atoms with Crippen molar-refractivity contribution in [1.82, 2.24) is 20.4 Å². The highest BCUT2D eigenvalue weighted by Gasteiger charge is 2.49. The molecule has 1 saturated heterocycles. The molecule has 1 aromatic carbocycles. The fourth-order valence-corrected chi connectivity index (χ4v) is 4.53. The fourth-order valence-electron chi connectivity index (χ4n) is 3.23. The Morgan fingerprint density at radius 1 is 1.21 bits per heavy atom. The summed E-state index contributed by atoms with van der Waals surface area (Å²) >= 11 is 4.83. The number of benzene rings is 1. The molecule has 9 nitrogen and oxygen atoms in total. The van der Waals surface area contributed by atoms with Gasteiger partial charge in [-0.3, -0.25) is 9.69 Å². The van der Waals surface area contributed by atoms with Gasteiger partial charge in [0.2, 0.25) is 12.7 Å². The molecule has 148 valence electrons. The molecule has 2 aromatic heterocycles. The van der Waals surface area contributed by atoms with Crippen LogP contribution in [-0.2, 0) is 16.9 Å². The highest BCUT2D eigenvalue weighted by atomic mass is 79.9. The summed E-state index contributed by atoms with van der Waals surface area (Å²) in [6, 6.07) is 8.33. The number of imide groups is 1. The predicted molar refractivity (Wildman–Crippen MR) is 104 cm³/mol. The molecule has 3 aromatic rings. The number of carbonyl (C=O) groups is 2. The van der Waals surface area contributed by atoms with Gasteiger partial charge in [-0.25, -0.2) is 4.79 Å². The lowest BCUT2D eigenvalue weighted by Gasteiger charge is -2.22. The summed E-state index contributed by atoms with van der Waals surface area (Å²) in [6.45, 7) is 1.65. The van der Waals surface area contributed by atoms with E-state index in [1.807, 2.05) is 12.1 Å². The molecule has 2 aliphatic rings. The maximum absolute atomic E-state index is 13.1. The van der Waals surface area contributed by atoms with Crippen LogP contribution in [0.5, 0.6) is 11.5 Å². The topological polar surface area (TPSA) is 107 Å². The number of halogens is 1. The Hall–Kier alpha value is -2.92. The van der Waals surface area contributed by atoms with Crippen LogP contribution in [0.15, 0.2) is 38.5 Å². The van der Waals surface area contributed by atoms with Crippen molar-refractivity contribution in [2.75, 3.05) is 6.79 Å². The van der Waals surface area contributed by atoms with Gasteiger partial charge in [-0.2, -0.15) is 0 Å². The minimum absolute atomic E-state index is 0.121. The average Bonchev–Trinajstić information content (AvgIpc) is 3.47. The molecule has 2 aliphatic heterocycles. The van der Waals surface area contributed by atoms with Crippen molar-refractivity contribution in [3.63, 3.8) is 0 Å². The van der Waals surface area contributed by atoms with Gasteiger partial charge >= 0.3 is 6.03 Å². The van der Waals surface area contributed by atoms with Gasteiger partial charge in [0.15, 0.2) is 11.5 Å². The van der Waals surface area contributed by atoms with Gasteiger partial charge in [0.05, 0.1) is 8.66 Å². The van der Waals surface area contributed by atoms with E-state index in [-0.39, 0.29) is 19.2 Å². The van der Waals surface area contributed by atoms with Crippen molar-refractivity contribution in [2.24, 2.45) is 0 Å². The normalized spacial score (nSPS) is 20.4. The predicted octanol–water partition coefficient (Wildman–Crippen LogP) is 3.26. The number of nitrogens with zero attached hydrogens (tertiary/aromatic N) is 3. The fraction of sp³-hybridized carbons (Fsp3) is 0.222. The Morgan fingerprint density at radius 2 is 2.03 bits per heavy atom. The first kappa shape index (κ1) is 18.1. The summed E-state index contributed by atoms with van der Waals surface area (Å²) in [5, 5.41) is 10.7. The van der Waals surface area contributed by atoms with Gasteiger partial charge in [0, 0.05) is 0 Å². The average molecular weight is 477 g/mol. The monoisotopic (exact) mass is 476 g/mol. The van der Waals surface area contributed by atoms with E-state index in [1.54, 1.807) is 25.1 Å². The van der Waals surface area contributed by atoms with Crippen molar-refractivity contribution >= 4 is 39.2 Å². The third-order valence-corrected chi connectivity index (χ3v) is 6.38. The SMILES string of the molecule is CC1(c2ccc3c(c2)OCO3)NC(=O)N(Cc2nnc(-c3ccc(Br)s3)o2)C1=O. The van der Waals surface area contributed by atoms with Crippen LogP contribution < -0.4 is 14.8 Å². The Labute approximate surface area is 176 Å². The summed E-state index contributed by atoms with van der Waals surface area (Å²) in [4.78, 5) is 27.5. The van der Waals surface area contributed by atoms with Crippen LogP contribution in [0.1, 0.15) is 18.4 Å². The van der Waals surface area contributed by atoms with E-state index < -0.39 is 17.5 Å². The number of ether oxygens (including phenoxy) is 2. The molecule has 4 heterocycles.